The van der Waals surface area contributed by atoms with E-state index in [9.17, 15) is 4.39 Å². The fourth-order valence-corrected chi connectivity index (χ4v) is 3.27. The number of guanidine groups is 1. The molecule has 0 amide bonds. The summed E-state index contributed by atoms with van der Waals surface area (Å²) in [5.74, 6) is 1.11. The van der Waals surface area contributed by atoms with E-state index in [1.54, 1.807) is 13.3 Å². The normalized spacial score (nSPS) is 14.8. The zero-order valence-corrected chi connectivity index (χ0v) is 18.5. The molecular weight excluding hydrogens is 482 g/mol. The summed E-state index contributed by atoms with van der Waals surface area (Å²) >= 11 is 0. The summed E-state index contributed by atoms with van der Waals surface area (Å²) in [6.45, 7) is 1.27. The van der Waals surface area contributed by atoms with Gasteiger partial charge in [0.1, 0.15) is 12.1 Å². The molecule has 3 aromatic rings. The van der Waals surface area contributed by atoms with Crippen molar-refractivity contribution in [3.63, 3.8) is 0 Å². The monoisotopic (exact) mass is 506 g/mol. The minimum absolute atomic E-state index is 0. The number of aliphatic imine (C=N–C) groups is 1. The molecule has 0 atom stereocenters. The quantitative estimate of drug-likeness (QED) is 0.294. The first-order valence-electron chi connectivity index (χ1n) is 9.39. The van der Waals surface area contributed by atoms with Gasteiger partial charge in [0, 0.05) is 24.6 Å². The number of aromatic nitrogens is 1. The number of halogens is 2. The SMILES string of the molecule is CN=C(NCc1coc(-c2ccccc2)n1)NCC1(c2ccc(F)cc2)CC1.I. The van der Waals surface area contributed by atoms with Gasteiger partial charge in [0.25, 0.3) is 0 Å². The lowest BCUT2D eigenvalue weighted by atomic mass is 9.96. The van der Waals surface area contributed by atoms with E-state index in [1.165, 1.54) is 17.7 Å². The lowest BCUT2D eigenvalue weighted by Gasteiger charge is -2.18. The highest BCUT2D eigenvalue weighted by Crippen LogP contribution is 2.47. The summed E-state index contributed by atoms with van der Waals surface area (Å²) in [6, 6.07) is 16.6. The maximum Gasteiger partial charge on any atom is 0.226 e. The molecule has 2 N–H and O–H groups in total. The first-order valence-corrected chi connectivity index (χ1v) is 9.39. The summed E-state index contributed by atoms with van der Waals surface area (Å²) < 4.78 is 18.7. The van der Waals surface area contributed by atoms with Gasteiger partial charge in [-0.1, -0.05) is 30.3 Å². The van der Waals surface area contributed by atoms with Crippen LogP contribution in [0.15, 0.2) is 70.3 Å². The van der Waals surface area contributed by atoms with E-state index >= 15 is 0 Å². The van der Waals surface area contributed by atoms with Crippen LogP contribution in [0.2, 0.25) is 0 Å². The van der Waals surface area contributed by atoms with Gasteiger partial charge in [0.15, 0.2) is 5.96 Å². The zero-order chi connectivity index (χ0) is 19.4. The average molecular weight is 506 g/mol. The van der Waals surface area contributed by atoms with E-state index in [2.05, 4.69) is 20.6 Å². The summed E-state index contributed by atoms with van der Waals surface area (Å²) in [5, 5.41) is 6.65. The molecule has 0 spiro atoms. The van der Waals surface area contributed by atoms with Crippen molar-refractivity contribution >= 4 is 29.9 Å². The first-order chi connectivity index (χ1) is 13.7. The van der Waals surface area contributed by atoms with Crippen LogP contribution in [0.4, 0.5) is 4.39 Å². The minimum Gasteiger partial charge on any atom is -0.444 e. The molecule has 5 nitrogen and oxygen atoms in total. The van der Waals surface area contributed by atoms with Gasteiger partial charge in [0.2, 0.25) is 5.89 Å². The molecule has 0 unspecified atom stereocenters. The van der Waals surface area contributed by atoms with Crippen molar-refractivity contribution in [1.29, 1.82) is 0 Å². The summed E-state index contributed by atoms with van der Waals surface area (Å²) in [5.41, 5.74) is 2.99. The number of nitrogens with zero attached hydrogens (tertiary/aromatic N) is 2. The van der Waals surface area contributed by atoms with Crippen molar-refractivity contribution in [1.82, 2.24) is 15.6 Å². The topological polar surface area (TPSA) is 62.5 Å². The lowest BCUT2D eigenvalue weighted by Crippen LogP contribution is -2.40. The Balaban J connectivity index is 0.00000240. The van der Waals surface area contributed by atoms with Crippen molar-refractivity contribution < 1.29 is 8.81 Å². The third kappa shape index (κ3) is 5.14. The van der Waals surface area contributed by atoms with Crippen molar-refractivity contribution in [2.75, 3.05) is 13.6 Å². The Morgan fingerprint density at radius 3 is 2.48 bits per heavy atom. The minimum atomic E-state index is -0.201. The lowest BCUT2D eigenvalue weighted by molar-refractivity contribution is 0.572. The standard InChI is InChI=1S/C22H23FN4O.HI/c1-24-21(26-15-22(11-12-22)17-7-9-18(23)10-8-17)25-13-19-14-28-20(27-19)16-5-3-2-4-6-16;/h2-10,14H,11-13,15H2,1H3,(H2,24,25,26);1H. The van der Waals surface area contributed by atoms with Gasteiger partial charge >= 0.3 is 0 Å². The molecular formula is C22H24FIN4O. The van der Waals surface area contributed by atoms with Crippen molar-refractivity contribution in [3.8, 4) is 11.5 Å². The molecule has 1 aromatic heterocycles. The molecule has 1 aliphatic rings. The number of nitrogens with one attached hydrogen (secondary N) is 2. The van der Waals surface area contributed by atoms with Crippen LogP contribution in [0.5, 0.6) is 0 Å². The van der Waals surface area contributed by atoms with Crippen LogP contribution in [0.3, 0.4) is 0 Å². The van der Waals surface area contributed by atoms with Crippen LogP contribution in [0, 0.1) is 5.82 Å². The van der Waals surface area contributed by atoms with Crippen molar-refractivity contribution in [2.24, 2.45) is 4.99 Å². The highest BCUT2D eigenvalue weighted by atomic mass is 127. The molecule has 1 saturated carbocycles. The molecule has 1 fully saturated rings. The van der Waals surface area contributed by atoms with E-state index in [1.807, 2.05) is 42.5 Å². The Hall–Kier alpha value is -2.42. The molecule has 152 valence electrons. The number of hydrogen-bond acceptors (Lipinski definition) is 3. The fourth-order valence-electron chi connectivity index (χ4n) is 3.27. The third-order valence-electron chi connectivity index (χ3n) is 5.14. The van der Waals surface area contributed by atoms with Gasteiger partial charge in [-0.15, -0.1) is 24.0 Å². The van der Waals surface area contributed by atoms with Crippen LogP contribution in [-0.2, 0) is 12.0 Å². The van der Waals surface area contributed by atoms with Crippen LogP contribution >= 0.6 is 24.0 Å². The van der Waals surface area contributed by atoms with Gasteiger partial charge in [-0.2, -0.15) is 0 Å². The number of benzene rings is 2. The maximum atomic E-state index is 13.2. The number of oxazole rings is 1. The first kappa shape index (κ1) is 21.3. The highest BCUT2D eigenvalue weighted by Gasteiger charge is 2.44. The van der Waals surface area contributed by atoms with Crippen LogP contribution in [0.25, 0.3) is 11.5 Å². The van der Waals surface area contributed by atoms with Gasteiger partial charge in [0.05, 0.1) is 12.2 Å². The predicted octanol–water partition coefficient (Wildman–Crippen LogP) is 4.50. The van der Waals surface area contributed by atoms with E-state index in [0.717, 1.165) is 30.6 Å². The molecule has 7 heteroatoms. The zero-order valence-electron chi connectivity index (χ0n) is 16.2. The molecule has 2 aromatic carbocycles. The van der Waals surface area contributed by atoms with Gasteiger partial charge in [-0.25, -0.2) is 9.37 Å². The number of hydrogen-bond donors (Lipinski definition) is 2. The Morgan fingerprint density at radius 2 is 1.83 bits per heavy atom. The van der Waals surface area contributed by atoms with E-state index in [-0.39, 0.29) is 35.2 Å². The summed E-state index contributed by atoms with van der Waals surface area (Å²) in [6.07, 6.45) is 3.84. The highest BCUT2D eigenvalue weighted by molar-refractivity contribution is 14.0. The van der Waals surface area contributed by atoms with Crippen LogP contribution in [-0.4, -0.2) is 24.5 Å². The molecule has 0 aliphatic heterocycles. The van der Waals surface area contributed by atoms with Gasteiger partial charge < -0.3 is 15.1 Å². The molecule has 0 radical (unpaired) electrons. The second kappa shape index (κ2) is 9.39. The van der Waals surface area contributed by atoms with E-state index in [4.69, 9.17) is 4.42 Å². The van der Waals surface area contributed by atoms with Crippen LogP contribution in [0.1, 0.15) is 24.1 Å². The molecule has 0 saturated heterocycles. The molecule has 1 aliphatic carbocycles. The van der Waals surface area contributed by atoms with Crippen LogP contribution < -0.4 is 10.6 Å². The van der Waals surface area contributed by atoms with Gasteiger partial charge in [-0.3, -0.25) is 4.99 Å². The summed E-state index contributed by atoms with van der Waals surface area (Å²) in [7, 11) is 1.74. The molecule has 29 heavy (non-hydrogen) atoms. The number of rotatable bonds is 6. The molecule has 0 bridgehead atoms. The summed E-state index contributed by atoms with van der Waals surface area (Å²) in [4.78, 5) is 8.80. The Bertz CT molecular complexity index is 952. The second-order valence-corrected chi connectivity index (χ2v) is 7.08. The Labute approximate surface area is 186 Å². The molecule has 4 rings (SSSR count). The Morgan fingerprint density at radius 1 is 1.10 bits per heavy atom. The van der Waals surface area contributed by atoms with E-state index < -0.39 is 0 Å². The van der Waals surface area contributed by atoms with E-state index in [0.29, 0.717) is 18.4 Å². The third-order valence-corrected chi connectivity index (χ3v) is 5.14. The van der Waals surface area contributed by atoms with Crippen molar-refractivity contribution in [2.45, 2.75) is 24.8 Å². The molecule has 1 heterocycles. The average Bonchev–Trinajstić information content (AvgIpc) is 3.37. The fraction of sp³-hybridized carbons (Fsp3) is 0.273. The van der Waals surface area contributed by atoms with Gasteiger partial charge in [-0.05, 0) is 42.7 Å². The smallest absolute Gasteiger partial charge is 0.226 e. The van der Waals surface area contributed by atoms with Crippen molar-refractivity contribution in [3.05, 3.63) is 77.9 Å². The predicted molar refractivity (Wildman–Crippen MR) is 123 cm³/mol. The Kier molecular flexibility index (Phi) is 6.89. The second-order valence-electron chi connectivity index (χ2n) is 7.08. The maximum absolute atomic E-state index is 13.2. The largest absolute Gasteiger partial charge is 0.444 e.